The molecule has 0 aromatic carbocycles. The maximum Gasteiger partial charge on any atom is 0.0689 e. The third-order valence-electron chi connectivity index (χ3n) is 1.55. The van der Waals surface area contributed by atoms with Gasteiger partial charge in [-0.3, -0.25) is 0 Å². The van der Waals surface area contributed by atoms with E-state index in [0.717, 1.165) is 0 Å². The Morgan fingerprint density at radius 1 is 1.42 bits per heavy atom. The van der Waals surface area contributed by atoms with E-state index < -0.39 is 66.6 Å². The number of rotatable bonds is 2. The summed E-state index contributed by atoms with van der Waals surface area (Å²) < 4.78 is 9.00. The summed E-state index contributed by atoms with van der Waals surface area (Å²) >= 11 is -2.25. The molecule has 0 amide bonds. The van der Waals surface area contributed by atoms with Gasteiger partial charge in [0.15, 0.2) is 0 Å². The van der Waals surface area contributed by atoms with Crippen molar-refractivity contribution in [3.8, 4) is 0 Å². The van der Waals surface area contributed by atoms with Crippen LogP contribution in [-0.2, 0) is 39.5 Å². The third kappa shape index (κ3) is 8.78. The van der Waals surface area contributed by atoms with Crippen LogP contribution in [0.25, 0.3) is 0 Å². The van der Waals surface area contributed by atoms with Crippen LogP contribution in [-0.4, -0.2) is 63.9 Å². The fraction of sp³-hybridized carbons (Fsp3) is 0.500. The number of aliphatic carboxylic acids is 1. The van der Waals surface area contributed by atoms with Crippen molar-refractivity contribution in [1.29, 1.82) is 0 Å². The molecule has 1 atom stereocenters. The first-order chi connectivity index (χ1) is 8.17. The van der Waals surface area contributed by atoms with Crippen molar-refractivity contribution < 1.29 is 54.8 Å². The Hall–Kier alpha value is -0.872. The molecule has 0 aromatic heterocycles. The first-order valence-corrected chi connectivity index (χ1v) is 7.26. The van der Waals surface area contributed by atoms with Gasteiger partial charge in [0, 0.05) is 19.8 Å². The molecule has 2 radical (unpaired) electrons. The van der Waals surface area contributed by atoms with E-state index in [-0.39, 0.29) is 19.8 Å². The van der Waals surface area contributed by atoms with Crippen LogP contribution in [0.3, 0.4) is 0 Å². The van der Waals surface area contributed by atoms with E-state index in [1.165, 1.54) is 0 Å². The van der Waals surface area contributed by atoms with Gasteiger partial charge in [0.1, 0.15) is 0 Å². The third-order valence-corrected chi connectivity index (χ3v) is 3.80. The van der Waals surface area contributed by atoms with Gasteiger partial charge < -0.3 is 15.3 Å². The number of carbonyl (C=O) groups is 3. The van der Waals surface area contributed by atoms with Crippen molar-refractivity contribution in [2.75, 3.05) is 0 Å². The Morgan fingerprint density at radius 3 is 2.32 bits per heavy atom. The van der Waals surface area contributed by atoms with Crippen molar-refractivity contribution in [3.05, 3.63) is 15.3 Å². The molecule has 0 bridgehead atoms. The SMILES string of the molecule is O=C(O)CC1(O)CC(=O)[O][Pb][O]C1=O.O=[N+]([O-])[O-].[Os]. The fourth-order valence-corrected chi connectivity index (χ4v) is 2.77. The van der Waals surface area contributed by atoms with E-state index in [1.54, 1.807) is 0 Å². The molecule has 1 unspecified atom stereocenters. The zero-order chi connectivity index (χ0) is 14.3. The van der Waals surface area contributed by atoms with Crippen molar-refractivity contribution in [3.63, 3.8) is 0 Å². The van der Waals surface area contributed by atoms with Gasteiger partial charge in [-0.15, -0.1) is 0 Å². The smallest absolute Gasteiger partial charge is 0.0689 e. The van der Waals surface area contributed by atoms with Gasteiger partial charge in [0.2, 0.25) is 0 Å². The molecule has 1 heterocycles. The number of nitrogens with zero attached hydrogens (tertiary/aromatic N) is 1. The summed E-state index contributed by atoms with van der Waals surface area (Å²) in [6, 6.07) is 0. The Balaban J connectivity index is 0. The molecule has 1 fully saturated rings. The molecule has 0 aromatic rings. The summed E-state index contributed by atoms with van der Waals surface area (Å²) in [5.41, 5.74) is -2.27. The second-order valence-electron chi connectivity index (χ2n) is 2.95. The van der Waals surface area contributed by atoms with Crippen LogP contribution in [0.2, 0.25) is 0 Å². The minimum absolute atomic E-state index is 0. The predicted molar refractivity (Wildman–Crippen MR) is 50.1 cm³/mol. The minimum atomic E-state index is -2.27. The maximum absolute atomic E-state index is 11.1. The van der Waals surface area contributed by atoms with Crippen LogP contribution in [0.4, 0.5) is 0 Å². The molecular weight excluding hydrogens is 643 g/mol. The molecule has 0 aliphatic carbocycles. The van der Waals surface area contributed by atoms with Crippen molar-refractivity contribution >= 4 is 43.0 Å². The van der Waals surface area contributed by atoms with E-state index in [1.807, 2.05) is 0 Å². The molecule has 0 spiro atoms. The number of hydrogen-bond donors (Lipinski definition) is 2. The summed E-state index contributed by atoms with van der Waals surface area (Å²) in [6.07, 6.45) is -1.52. The van der Waals surface area contributed by atoms with Gasteiger partial charge in [-0.1, -0.05) is 0 Å². The first-order valence-electron chi connectivity index (χ1n) is 4.09. The van der Waals surface area contributed by atoms with Crippen molar-refractivity contribution in [2.45, 2.75) is 18.4 Å². The van der Waals surface area contributed by atoms with Crippen LogP contribution in [0, 0.1) is 15.3 Å². The Labute approximate surface area is 131 Å². The monoisotopic (exact) mass is 652 g/mol. The summed E-state index contributed by atoms with van der Waals surface area (Å²) in [4.78, 5) is 40.5. The van der Waals surface area contributed by atoms with E-state index in [2.05, 4.69) is 5.37 Å². The van der Waals surface area contributed by atoms with Crippen LogP contribution < -0.4 is 0 Å². The molecule has 1 aliphatic heterocycles. The van der Waals surface area contributed by atoms with Crippen LogP contribution in [0.15, 0.2) is 0 Å². The molecule has 0 saturated carbocycles. The molecule has 2 N–H and O–H groups in total. The zero-order valence-corrected chi connectivity index (χ0v) is 15.3. The number of aliphatic hydroxyl groups is 1. The van der Waals surface area contributed by atoms with Gasteiger partial charge in [-0.25, -0.2) is 0 Å². The van der Waals surface area contributed by atoms with Gasteiger partial charge in [-0.2, -0.15) is 0 Å². The van der Waals surface area contributed by atoms with Crippen LogP contribution >= 0.6 is 0 Å². The van der Waals surface area contributed by atoms with Crippen LogP contribution in [0.1, 0.15) is 12.8 Å². The summed E-state index contributed by atoms with van der Waals surface area (Å²) in [7, 11) is 0. The largest absolute Gasteiger partial charge is 0.356 e. The maximum atomic E-state index is 11.1. The Kier molecular flexibility index (Phi) is 9.79. The van der Waals surface area contributed by atoms with E-state index in [4.69, 9.17) is 20.4 Å². The van der Waals surface area contributed by atoms with E-state index in [9.17, 15) is 19.5 Å². The molecule has 1 aliphatic rings. The standard InChI is InChI=1S/C6H8O7.NO3.Os.Pb/c7-3(8)1-6(13,5(11)12)2-4(9)10;2-1(3)4;;/h13H,1-2H2,(H,7,8)(H,9,10)(H,11,12);;;/q;-1;;+2/p-2. The van der Waals surface area contributed by atoms with Gasteiger partial charge >= 0.3 is 91.5 Å². The van der Waals surface area contributed by atoms with Crippen molar-refractivity contribution in [1.82, 2.24) is 0 Å². The first kappa shape index (κ1) is 20.4. The Morgan fingerprint density at radius 2 is 1.89 bits per heavy atom. The molecular formula is C6H6NO10OsPb-. The van der Waals surface area contributed by atoms with E-state index >= 15 is 0 Å². The summed E-state index contributed by atoms with van der Waals surface area (Å²) in [5, 5.41) is 32.7. The number of carboxylic acids is 1. The normalized spacial score (nSPS) is 21.5. The average molecular weight is 650 g/mol. The summed E-state index contributed by atoms with van der Waals surface area (Å²) in [5.74, 6) is -3.25. The number of carbonyl (C=O) groups excluding carboxylic acids is 2. The average Bonchev–Trinajstić information content (AvgIpc) is 2.24. The number of hydrogen-bond acceptors (Lipinski definition) is 9. The molecule has 19 heavy (non-hydrogen) atoms. The molecule has 13 heteroatoms. The second-order valence-corrected chi connectivity index (χ2v) is 5.18. The van der Waals surface area contributed by atoms with Gasteiger partial charge in [-0.05, 0) is 0 Å². The van der Waals surface area contributed by atoms with Crippen LogP contribution in [0.5, 0.6) is 0 Å². The van der Waals surface area contributed by atoms with Gasteiger partial charge in [0.05, 0.1) is 5.09 Å². The predicted octanol–water partition coefficient (Wildman–Crippen LogP) is -2.03. The number of carboxylic acid groups (broad SMARTS) is 1. The molecule has 11 nitrogen and oxygen atoms in total. The molecule has 1 rings (SSSR count). The van der Waals surface area contributed by atoms with E-state index in [0.29, 0.717) is 0 Å². The minimum Gasteiger partial charge on any atom is -0.356 e. The molecule has 108 valence electrons. The van der Waals surface area contributed by atoms with Gasteiger partial charge in [0.25, 0.3) is 0 Å². The fourth-order valence-electron chi connectivity index (χ4n) is 0.932. The summed E-state index contributed by atoms with van der Waals surface area (Å²) in [6.45, 7) is 0. The van der Waals surface area contributed by atoms with Crippen molar-refractivity contribution in [2.24, 2.45) is 0 Å². The topological polar surface area (TPSA) is 176 Å². The zero-order valence-electron chi connectivity index (χ0n) is 8.88. The quantitative estimate of drug-likeness (QED) is 0.193. The second kappa shape index (κ2) is 9.10. The molecule has 1 saturated heterocycles. The Bertz CT molecular complexity index is 371.